The van der Waals surface area contributed by atoms with E-state index in [1.165, 1.54) is 0 Å². The monoisotopic (exact) mass is 315 g/mol. The molecule has 1 atom stereocenters. The maximum atomic E-state index is 10.8. The maximum absolute atomic E-state index is 10.8. The van der Waals surface area contributed by atoms with Crippen LogP contribution in [0.5, 0.6) is 0 Å². The predicted octanol–water partition coefficient (Wildman–Crippen LogP) is -13.5. The molecule has 0 rings (SSSR count). The first-order valence-corrected chi connectivity index (χ1v) is 5.10. The van der Waals surface area contributed by atoms with Crippen LogP contribution in [0.3, 0.4) is 0 Å². The van der Waals surface area contributed by atoms with Crippen molar-refractivity contribution in [2.45, 2.75) is 19.8 Å². The van der Waals surface area contributed by atoms with Crippen LogP contribution < -0.4 is 159 Å². The van der Waals surface area contributed by atoms with Crippen molar-refractivity contribution in [2.75, 3.05) is 19.7 Å². The molecular weight excluding hydrogens is 294 g/mol. The topological polar surface area (TPSA) is 73.6 Å². The number of hydrogen-bond donors (Lipinski definition) is 2. The van der Waals surface area contributed by atoms with E-state index in [1.54, 1.807) is 0 Å². The molecule has 0 aliphatic carbocycles. The third-order valence-corrected chi connectivity index (χ3v) is 1.75. The van der Waals surface area contributed by atoms with Crippen molar-refractivity contribution in [1.29, 1.82) is 0 Å². The van der Waals surface area contributed by atoms with Crippen molar-refractivity contribution in [3.8, 4) is 0 Å². The van der Waals surface area contributed by atoms with Gasteiger partial charge in [-0.1, -0.05) is 13.3 Å². The fourth-order valence-electron chi connectivity index (χ4n) is 0.467. The van der Waals surface area contributed by atoms with Gasteiger partial charge in [-0.05, 0) is 11.0 Å². The Morgan fingerprint density at radius 2 is 1.76 bits per heavy atom. The molecule has 0 amide bonds. The zero-order chi connectivity index (χ0) is 9.23. The van der Waals surface area contributed by atoms with Crippen LogP contribution in [0.25, 0.3) is 0 Å². The Labute approximate surface area is 223 Å². The summed E-state index contributed by atoms with van der Waals surface area (Å²) in [6, 6.07) is 0. The minimum Gasteiger partial charge on any atom is -1.00 e. The van der Waals surface area contributed by atoms with Gasteiger partial charge in [0.1, 0.15) is 6.61 Å². The van der Waals surface area contributed by atoms with E-state index in [0.29, 0.717) is 19.7 Å². The van der Waals surface area contributed by atoms with Crippen molar-refractivity contribution < 1.29 is 169 Å². The number of hydrogen-bond acceptors (Lipinski definition) is 5. The summed E-state index contributed by atoms with van der Waals surface area (Å²) < 4.78 is 20.2. The van der Waals surface area contributed by atoms with Crippen molar-refractivity contribution in [1.82, 2.24) is 5.48 Å². The Kier molecular flexibility index (Phi) is 73.0. The molecule has 11 heteroatoms. The molecule has 1 unspecified atom stereocenters. The normalized spacial score (nSPS) is 8.24. The van der Waals surface area contributed by atoms with E-state index in [1.807, 2.05) is 6.92 Å². The molecule has 0 saturated heterocycles. The van der Waals surface area contributed by atoms with Crippen LogP contribution >= 0.6 is 8.25 Å². The van der Waals surface area contributed by atoms with Crippen LogP contribution in [0.15, 0.2) is 0 Å². The van der Waals surface area contributed by atoms with E-state index in [9.17, 15) is 4.57 Å². The van der Waals surface area contributed by atoms with Crippen LogP contribution in [-0.4, -0.2) is 19.7 Å². The molecule has 82 valence electrons. The average Bonchev–Trinajstić information content (AvgIpc) is 2.06. The quantitative estimate of drug-likeness (QED) is 0.201. The largest absolute Gasteiger partial charge is 1.00 e. The standard InChI is InChI=1S/C6H16N2O3P.5Na.5H/c1-2-3-6-10-12(9)11-8-5-4-7;;;;;;;;;;/h8H,2-7H2,1H3;;;;;;;;;;/q6*+1;5*-1. The van der Waals surface area contributed by atoms with Gasteiger partial charge in [-0.2, -0.15) is 0 Å². The molecule has 0 radical (unpaired) electrons. The Morgan fingerprint density at radius 3 is 2.18 bits per heavy atom. The molecule has 0 fully saturated rings. The number of hydroxylamine groups is 1. The summed E-state index contributed by atoms with van der Waals surface area (Å²) in [5.41, 5.74) is 7.59. The van der Waals surface area contributed by atoms with Crippen LogP contribution in [0, 0.1) is 0 Å². The van der Waals surface area contributed by atoms with Gasteiger partial charge in [0, 0.05) is 17.7 Å². The van der Waals surface area contributed by atoms with Gasteiger partial charge in [0.25, 0.3) is 0 Å². The molecule has 0 saturated carbocycles. The molecular formula is C6H21N2Na5O3P+. The number of unbranched alkanes of at least 4 members (excludes halogenated alkanes) is 1. The summed E-state index contributed by atoms with van der Waals surface area (Å²) in [7, 11) is -2.02. The number of nitrogens with two attached hydrogens (primary N) is 1. The van der Waals surface area contributed by atoms with Crippen molar-refractivity contribution in [3.05, 3.63) is 0 Å². The van der Waals surface area contributed by atoms with Gasteiger partial charge < -0.3 is 12.9 Å². The fraction of sp³-hybridized carbons (Fsp3) is 1.00. The van der Waals surface area contributed by atoms with Gasteiger partial charge in [-0.25, -0.2) is 0 Å². The molecule has 0 spiro atoms. The van der Waals surface area contributed by atoms with Crippen LogP contribution in [-0.2, 0) is 13.7 Å². The summed E-state index contributed by atoms with van der Waals surface area (Å²) in [4.78, 5) is 0. The summed E-state index contributed by atoms with van der Waals surface area (Å²) in [5.74, 6) is 0. The fourth-order valence-corrected chi connectivity index (χ4v) is 0.995. The van der Waals surface area contributed by atoms with Gasteiger partial charge >= 0.3 is 156 Å². The molecule has 0 heterocycles. The Morgan fingerprint density at radius 1 is 1.24 bits per heavy atom. The van der Waals surface area contributed by atoms with E-state index in [2.05, 4.69) is 10.1 Å². The SMILES string of the molecule is CCCCO[P+](=O)ONCCN.[H-].[H-].[H-].[H-].[H-].[Na+].[Na+].[Na+].[Na+].[Na+]. The Balaban J connectivity index is -0.0000000134. The van der Waals surface area contributed by atoms with Crippen molar-refractivity contribution >= 4 is 8.25 Å². The zero-order valence-electron chi connectivity index (χ0n) is 17.3. The molecule has 5 nitrogen and oxygen atoms in total. The Bertz CT molecular complexity index is 143. The first kappa shape index (κ1) is 37.9. The summed E-state index contributed by atoms with van der Waals surface area (Å²) >= 11 is 0. The molecule has 0 aromatic carbocycles. The average molecular weight is 315 g/mol. The van der Waals surface area contributed by atoms with Crippen LogP contribution in [0.1, 0.15) is 26.9 Å². The van der Waals surface area contributed by atoms with E-state index in [4.69, 9.17) is 10.3 Å². The molecule has 3 N–H and O–H groups in total. The summed E-state index contributed by atoms with van der Waals surface area (Å²) in [6.45, 7) is 3.41. The second-order valence-electron chi connectivity index (χ2n) is 2.18. The summed E-state index contributed by atoms with van der Waals surface area (Å²) in [6.07, 6.45) is 1.90. The zero-order valence-corrected chi connectivity index (χ0v) is 23.2. The van der Waals surface area contributed by atoms with Crippen molar-refractivity contribution in [2.24, 2.45) is 5.73 Å². The van der Waals surface area contributed by atoms with Gasteiger partial charge in [-0.3, -0.25) is 0 Å². The van der Waals surface area contributed by atoms with E-state index in [-0.39, 0.29) is 155 Å². The Hall–Kier alpha value is 4.94. The van der Waals surface area contributed by atoms with Crippen LogP contribution in [0.2, 0.25) is 0 Å². The van der Waals surface area contributed by atoms with Gasteiger partial charge in [0.05, 0.1) is 0 Å². The smallest absolute Gasteiger partial charge is 1.00 e. The van der Waals surface area contributed by atoms with Gasteiger partial charge in [0.2, 0.25) is 0 Å². The number of rotatable bonds is 8. The molecule has 0 aromatic rings. The molecule has 0 aliphatic rings. The third kappa shape index (κ3) is 33.7. The first-order valence-electron chi connectivity index (χ1n) is 4.01. The van der Waals surface area contributed by atoms with Gasteiger partial charge in [0.15, 0.2) is 0 Å². The second kappa shape index (κ2) is 32.8. The van der Waals surface area contributed by atoms with E-state index < -0.39 is 8.25 Å². The minimum absolute atomic E-state index is 0. The minimum atomic E-state index is -2.02. The molecule has 0 aromatic heterocycles. The van der Waals surface area contributed by atoms with Gasteiger partial charge in [-0.15, -0.1) is 10.0 Å². The van der Waals surface area contributed by atoms with Crippen LogP contribution in [0.4, 0.5) is 0 Å². The summed E-state index contributed by atoms with van der Waals surface area (Å²) in [5, 5.41) is 0. The van der Waals surface area contributed by atoms with Crippen molar-refractivity contribution in [3.63, 3.8) is 0 Å². The maximum Gasteiger partial charge on any atom is 1.00 e. The predicted molar refractivity (Wildman–Crippen MR) is 52.2 cm³/mol. The van der Waals surface area contributed by atoms with E-state index in [0.717, 1.165) is 12.8 Å². The number of nitrogens with one attached hydrogen (secondary N) is 1. The molecule has 0 aliphatic heterocycles. The molecule has 17 heavy (non-hydrogen) atoms. The first-order chi connectivity index (χ1) is 5.81. The third-order valence-electron chi connectivity index (χ3n) is 1.08. The second-order valence-corrected chi connectivity index (χ2v) is 3.07. The molecule has 0 bridgehead atoms. The van der Waals surface area contributed by atoms with E-state index >= 15 is 0 Å².